The Balaban J connectivity index is 1.62. The molecule has 1 saturated heterocycles. The van der Waals surface area contributed by atoms with Crippen LogP contribution in [0.4, 0.5) is 5.69 Å². The fourth-order valence-corrected chi connectivity index (χ4v) is 4.79. The van der Waals surface area contributed by atoms with Crippen molar-refractivity contribution >= 4 is 51.9 Å². The van der Waals surface area contributed by atoms with Gasteiger partial charge in [0.1, 0.15) is 4.32 Å². The first-order valence-electron chi connectivity index (χ1n) is 10.7. The summed E-state index contributed by atoms with van der Waals surface area (Å²) in [6.45, 7) is 0.676. The zero-order chi connectivity index (χ0) is 24.5. The summed E-state index contributed by atoms with van der Waals surface area (Å²) < 4.78 is 11.0. The van der Waals surface area contributed by atoms with Crippen LogP contribution in [0.1, 0.15) is 24.8 Å². The lowest BCUT2D eigenvalue weighted by Gasteiger charge is -2.22. The van der Waals surface area contributed by atoms with Gasteiger partial charge in [0, 0.05) is 25.2 Å². The van der Waals surface area contributed by atoms with Crippen LogP contribution in [0.3, 0.4) is 0 Å². The van der Waals surface area contributed by atoms with E-state index in [1.54, 1.807) is 37.3 Å². The third-order valence-corrected chi connectivity index (χ3v) is 6.55. The number of ether oxygens (including phenoxy) is 2. The second kappa shape index (κ2) is 12.2. The van der Waals surface area contributed by atoms with E-state index in [0.29, 0.717) is 40.2 Å². The van der Waals surface area contributed by atoms with Crippen molar-refractivity contribution in [3.05, 3.63) is 59.0 Å². The highest BCUT2D eigenvalue weighted by Gasteiger charge is 2.32. The number of nitrogens with zero attached hydrogens (tertiary/aromatic N) is 3. The Labute approximate surface area is 208 Å². The summed E-state index contributed by atoms with van der Waals surface area (Å²) in [6.07, 6.45) is 2.72. The van der Waals surface area contributed by atoms with E-state index in [1.807, 2.05) is 36.4 Å². The SMILES string of the molecule is COc1ccc(C=C2SC(=S)N(CCCC(=O)N(CCC#N)c3ccccc3)C2=O)cc1OC. The normalized spacial score (nSPS) is 14.3. The average Bonchev–Trinajstić information content (AvgIpc) is 3.12. The summed E-state index contributed by atoms with van der Waals surface area (Å²) in [5.74, 6) is 0.912. The molecule has 1 fully saturated rings. The Bertz CT molecular complexity index is 1130. The zero-order valence-corrected chi connectivity index (χ0v) is 20.7. The minimum absolute atomic E-state index is 0.0900. The summed E-state index contributed by atoms with van der Waals surface area (Å²) >= 11 is 6.65. The molecule has 3 rings (SSSR count). The van der Waals surface area contributed by atoms with Crippen molar-refractivity contribution in [3.63, 3.8) is 0 Å². The Morgan fingerprint density at radius 3 is 2.59 bits per heavy atom. The number of thiocarbonyl (C=S) groups is 1. The van der Waals surface area contributed by atoms with Crippen molar-refractivity contribution < 1.29 is 19.1 Å². The van der Waals surface area contributed by atoms with Crippen LogP contribution in [0.5, 0.6) is 11.5 Å². The lowest BCUT2D eigenvalue weighted by Crippen LogP contribution is -2.33. The van der Waals surface area contributed by atoms with E-state index in [0.717, 1.165) is 11.3 Å². The van der Waals surface area contributed by atoms with Crippen LogP contribution in [0.25, 0.3) is 6.08 Å². The minimum atomic E-state index is -0.179. The summed E-state index contributed by atoms with van der Waals surface area (Å²) in [6, 6.07) is 16.8. The molecule has 0 aliphatic carbocycles. The van der Waals surface area contributed by atoms with Gasteiger partial charge in [-0.3, -0.25) is 14.5 Å². The smallest absolute Gasteiger partial charge is 0.266 e. The fourth-order valence-electron chi connectivity index (χ4n) is 3.48. The molecule has 0 unspecified atom stereocenters. The first kappa shape index (κ1) is 25.3. The fraction of sp³-hybridized carbons (Fsp3) is 0.280. The summed E-state index contributed by atoms with van der Waals surface area (Å²) in [5.41, 5.74) is 1.55. The van der Waals surface area contributed by atoms with Gasteiger partial charge in [0.15, 0.2) is 11.5 Å². The van der Waals surface area contributed by atoms with Crippen LogP contribution in [0.15, 0.2) is 53.4 Å². The topological polar surface area (TPSA) is 82.9 Å². The Morgan fingerprint density at radius 1 is 1.18 bits per heavy atom. The largest absolute Gasteiger partial charge is 0.493 e. The molecule has 34 heavy (non-hydrogen) atoms. The molecule has 2 amide bonds. The van der Waals surface area contributed by atoms with Crippen molar-refractivity contribution in [2.75, 3.05) is 32.2 Å². The average molecular weight is 496 g/mol. The molecule has 176 valence electrons. The van der Waals surface area contributed by atoms with Gasteiger partial charge in [0.2, 0.25) is 5.91 Å². The molecule has 0 spiro atoms. The summed E-state index contributed by atoms with van der Waals surface area (Å²) in [5, 5.41) is 8.94. The predicted molar refractivity (Wildman–Crippen MR) is 138 cm³/mol. The minimum Gasteiger partial charge on any atom is -0.493 e. The van der Waals surface area contributed by atoms with Crippen LogP contribution >= 0.6 is 24.0 Å². The lowest BCUT2D eigenvalue weighted by molar-refractivity contribution is -0.123. The Hall–Kier alpha value is -3.35. The van der Waals surface area contributed by atoms with E-state index in [9.17, 15) is 9.59 Å². The Kier molecular flexibility index (Phi) is 9.08. The lowest BCUT2D eigenvalue weighted by atomic mass is 10.2. The first-order valence-corrected chi connectivity index (χ1v) is 11.9. The summed E-state index contributed by atoms with van der Waals surface area (Å²) in [4.78, 5) is 29.4. The molecule has 2 aromatic carbocycles. The second-order valence-electron chi connectivity index (χ2n) is 7.34. The summed E-state index contributed by atoms with van der Waals surface area (Å²) in [7, 11) is 3.12. The van der Waals surface area contributed by atoms with E-state index in [-0.39, 0.29) is 24.7 Å². The number of hydrogen-bond donors (Lipinski definition) is 0. The van der Waals surface area contributed by atoms with Gasteiger partial charge < -0.3 is 14.4 Å². The van der Waals surface area contributed by atoms with Gasteiger partial charge in [0.25, 0.3) is 5.91 Å². The highest BCUT2D eigenvalue weighted by atomic mass is 32.2. The van der Waals surface area contributed by atoms with Crippen molar-refractivity contribution in [3.8, 4) is 17.6 Å². The highest BCUT2D eigenvalue weighted by molar-refractivity contribution is 8.26. The quantitative estimate of drug-likeness (QED) is 0.351. The molecule has 2 aromatic rings. The number of methoxy groups -OCH3 is 2. The van der Waals surface area contributed by atoms with Gasteiger partial charge in [-0.2, -0.15) is 5.26 Å². The number of rotatable bonds is 10. The molecule has 0 N–H and O–H groups in total. The van der Waals surface area contributed by atoms with Crippen LogP contribution in [-0.2, 0) is 9.59 Å². The molecule has 1 heterocycles. The molecular weight excluding hydrogens is 470 g/mol. The molecule has 0 atom stereocenters. The van der Waals surface area contributed by atoms with Crippen molar-refractivity contribution in [2.45, 2.75) is 19.3 Å². The number of amides is 2. The number of carbonyl (C=O) groups excluding carboxylic acids is 2. The predicted octanol–water partition coefficient (Wildman–Crippen LogP) is 4.63. The van der Waals surface area contributed by atoms with E-state index in [1.165, 1.54) is 16.7 Å². The van der Waals surface area contributed by atoms with Crippen molar-refractivity contribution in [2.24, 2.45) is 0 Å². The van der Waals surface area contributed by atoms with E-state index < -0.39 is 0 Å². The molecule has 9 heteroatoms. The number of benzene rings is 2. The van der Waals surface area contributed by atoms with E-state index >= 15 is 0 Å². The number of para-hydroxylation sites is 1. The van der Waals surface area contributed by atoms with Crippen molar-refractivity contribution in [1.29, 1.82) is 5.26 Å². The molecule has 1 aliphatic heterocycles. The van der Waals surface area contributed by atoms with Crippen molar-refractivity contribution in [1.82, 2.24) is 4.90 Å². The molecule has 1 aliphatic rings. The standard InChI is InChI=1S/C25H25N3O4S2/c1-31-20-12-11-18(16-21(20)32-2)17-22-24(30)28(25(33)34-22)14-6-10-23(29)27(15-7-13-26)19-8-4-3-5-9-19/h3-5,8-9,11-12,16-17H,6-7,10,14-15H2,1-2H3. The van der Waals surface area contributed by atoms with Crippen LogP contribution in [0.2, 0.25) is 0 Å². The monoisotopic (exact) mass is 495 g/mol. The number of thioether (sulfide) groups is 1. The van der Waals surface area contributed by atoms with Gasteiger partial charge in [-0.25, -0.2) is 0 Å². The first-order chi connectivity index (χ1) is 16.5. The highest BCUT2D eigenvalue weighted by Crippen LogP contribution is 2.34. The second-order valence-corrected chi connectivity index (χ2v) is 9.02. The van der Waals surface area contributed by atoms with Gasteiger partial charge >= 0.3 is 0 Å². The third kappa shape index (κ3) is 6.16. The van der Waals surface area contributed by atoms with Gasteiger partial charge in [0.05, 0.1) is 31.6 Å². The van der Waals surface area contributed by atoms with Gasteiger partial charge in [-0.15, -0.1) is 0 Å². The Morgan fingerprint density at radius 2 is 1.91 bits per heavy atom. The molecule has 0 bridgehead atoms. The maximum absolute atomic E-state index is 12.9. The number of nitriles is 1. The molecule has 7 nitrogen and oxygen atoms in total. The zero-order valence-electron chi connectivity index (χ0n) is 19.0. The maximum Gasteiger partial charge on any atom is 0.266 e. The van der Waals surface area contributed by atoms with Crippen LogP contribution in [0, 0.1) is 11.3 Å². The molecule has 0 aromatic heterocycles. The van der Waals surface area contributed by atoms with Crippen LogP contribution < -0.4 is 14.4 Å². The third-order valence-electron chi connectivity index (χ3n) is 5.17. The maximum atomic E-state index is 12.9. The van der Waals surface area contributed by atoms with Crippen LogP contribution in [-0.4, -0.2) is 48.3 Å². The molecule has 0 radical (unpaired) electrons. The van der Waals surface area contributed by atoms with Gasteiger partial charge in [-0.1, -0.05) is 48.2 Å². The number of anilines is 1. The van der Waals surface area contributed by atoms with E-state index in [4.69, 9.17) is 27.0 Å². The van der Waals surface area contributed by atoms with Gasteiger partial charge in [-0.05, 0) is 42.3 Å². The number of hydrogen-bond acceptors (Lipinski definition) is 7. The molecule has 0 saturated carbocycles. The number of carbonyl (C=O) groups is 2. The van der Waals surface area contributed by atoms with E-state index in [2.05, 4.69) is 6.07 Å². The molecular formula is C25H25N3O4S2.